The van der Waals surface area contributed by atoms with E-state index < -0.39 is 47.7 Å². The van der Waals surface area contributed by atoms with Crippen molar-refractivity contribution in [1.82, 2.24) is 15.1 Å². The molecular formula is C32H51N3O7. The van der Waals surface area contributed by atoms with Gasteiger partial charge in [-0.3, -0.25) is 19.2 Å². The minimum Gasteiger partial charge on any atom is -0.460 e. The molecule has 3 saturated heterocycles. The van der Waals surface area contributed by atoms with E-state index in [9.17, 15) is 24.3 Å². The number of fused-ring (bicyclic) bond motifs is 1. The van der Waals surface area contributed by atoms with E-state index in [-0.39, 0.29) is 42.8 Å². The average molecular weight is 590 g/mol. The first-order chi connectivity index (χ1) is 20.0. The lowest BCUT2D eigenvalue weighted by Gasteiger charge is -2.42. The van der Waals surface area contributed by atoms with Gasteiger partial charge in [0.15, 0.2) is 0 Å². The van der Waals surface area contributed by atoms with Crippen LogP contribution in [0.15, 0.2) is 25.3 Å². The molecule has 0 aliphatic carbocycles. The molecule has 1 spiro atoms. The van der Waals surface area contributed by atoms with Gasteiger partial charge in [-0.05, 0) is 45.4 Å². The van der Waals surface area contributed by atoms with E-state index in [4.69, 9.17) is 9.47 Å². The number of rotatable bonds is 17. The second-order valence-corrected chi connectivity index (χ2v) is 12.2. The van der Waals surface area contributed by atoms with Gasteiger partial charge in [0, 0.05) is 19.0 Å². The molecule has 3 aliphatic heterocycles. The van der Waals surface area contributed by atoms with Crippen LogP contribution in [0.3, 0.4) is 0 Å². The van der Waals surface area contributed by atoms with Crippen LogP contribution in [0.4, 0.5) is 0 Å². The Morgan fingerprint density at radius 1 is 1.24 bits per heavy atom. The molecule has 0 saturated carbocycles. The fourth-order valence-electron chi connectivity index (χ4n) is 7.06. The van der Waals surface area contributed by atoms with Crippen LogP contribution in [-0.4, -0.2) is 94.2 Å². The highest BCUT2D eigenvalue weighted by molar-refractivity contribution is 5.98. The molecule has 2 bridgehead atoms. The van der Waals surface area contributed by atoms with Crippen molar-refractivity contribution in [1.29, 1.82) is 0 Å². The highest BCUT2D eigenvalue weighted by Gasteiger charge is 2.76. The molecule has 3 amide bonds. The van der Waals surface area contributed by atoms with Gasteiger partial charge in [0.05, 0.1) is 37.1 Å². The Morgan fingerprint density at radius 3 is 2.55 bits per heavy atom. The summed E-state index contributed by atoms with van der Waals surface area (Å²) in [5.74, 6) is -3.16. The summed E-state index contributed by atoms with van der Waals surface area (Å²) < 4.78 is 12.3. The van der Waals surface area contributed by atoms with Gasteiger partial charge in [0.1, 0.15) is 17.7 Å². The number of allylic oxidation sites excluding steroid dienone is 1. The largest absolute Gasteiger partial charge is 0.460 e. The molecule has 1 unspecified atom stereocenters. The Labute approximate surface area is 250 Å². The fraction of sp³-hybridized carbons (Fsp3) is 0.750. The number of nitrogens with one attached hydrogen (secondary N) is 1. The third-order valence-electron chi connectivity index (χ3n) is 9.42. The van der Waals surface area contributed by atoms with Crippen molar-refractivity contribution in [2.45, 2.75) is 115 Å². The Kier molecular flexibility index (Phi) is 11.8. The van der Waals surface area contributed by atoms with Gasteiger partial charge in [-0.1, -0.05) is 45.8 Å². The Bertz CT molecular complexity index is 1020. The third kappa shape index (κ3) is 6.44. The van der Waals surface area contributed by atoms with Crippen LogP contribution in [0.5, 0.6) is 0 Å². The maximum Gasteiger partial charge on any atom is 0.312 e. The number of esters is 1. The number of ether oxygens (including phenoxy) is 2. The van der Waals surface area contributed by atoms with E-state index in [1.54, 1.807) is 28.9 Å². The van der Waals surface area contributed by atoms with E-state index in [2.05, 4.69) is 25.4 Å². The maximum atomic E-state index is 14.5. The summed E-state index contributed by atoms with van der Waals surface area (Å²) in [5, 5.41) is 13.3. The van der Waals surface area contributed by atoms with E-state index in [1.807, 2.05) is 20.8 Å². The summed E-state index contributed by atoms with van der Waals surface area (Å²) >= 11 is 0. The SMILES string of the molecule is C=CCCC(=O)NC[C@H](C)OC(=O)[C@@H]1[C@@H]2CC[C@]3(O2)[C@H](C(=O)N(CC=C)C(C)CCC)N([C@@H](CO)[C@@H](C)CC)C(=O)[C@@H]13. The standard InChI is InChI=1S/C32H51N3O7/c1-8-12-14-25(37)33-18-22(7)41-31(40)26-24-15-16-32(42-24)27(26)29(38)35(23(19-36)20(5)11-4)28(32)30(39)34(17-10-3)21(6)13-9-2/h8,10,20-24,26-28,36H,1,3,9,11-19H2,2,4-7H3,(H,33,37)/t20-,21?,22-,23-,24-,26+,27+,28-,32+/m0/s1. The van der Waals surface area contributed by atoms with Crippen LogP contribution in [-0.2, 0) is 28.7 Å². The zero-order valence-electron chi connectivity index (χ0n) is 26.0. The first kappa shape index (κ1) is 33.8. The van der Waals surface area contributed by atoms with Gasteiger partial charge in [0.2, 0.25) is 17.7 Å². The summed E-state index contributed by atoms with van der Waals surface area (Å²) in [5.41, 5.74) is -1.18. The monoisotopic (exact) mass is 589 g/mol. The second-order valence-electron chi connectivity index (χ2n) is 12.2. The van der Waals surface area contributed by atoms with Crippen molar-refractivity contribution in [2.75, 3.05) is 19.7 Å². The molecule has 0 aromatic carbocycles. The van der Waals surface area contributed by atoms with Crippen LogP contribution >= 0.6 is 0 Å². The molecule has 9 atom stereocenters. The summed E-state index contributed by atoms with van der Waals surface area (Å²) in [6.45, 7) is 17.3. The van der Waals surface area contributed by atoms with Gasteiger partial charge in [0.25, 0.3) is 0 Å². The maximum absolute atomic E-state index is 14.5. The number of carbonyl (C=O) groups excluding carboxylic acids is 4. The first-order valence-corrected chi connectivity index (χ1v) is 15.6. The Morgan fingerprint density at radius 2 is 1.95 bits per heavy atom. The predicted octanol–water partition coefficient (Wildman–Crippen LogP) is 2.99. The van der Waals surface area contributed by atoms with Crippen LogP contribution in [0.1, 0.15) is 79.6 Å². The molecule has 10 nitrogen and oxygen atoms in total. The molecule has 3 aliphatic rings. The number of nitrogens with zero attached hydrogens (tertiary/aromatic N) is 2. The molecular weight excluding hydrogens is 538 g/mol. The minimum atomic E-state index is -1.18. The highest BCUT2D eigenvalue weighted by Crippen LogP contribution is 2.59. The number of likely N-dealkylation sites (tertiary alicyclic amines) is 1. The van der Waals surface area contributed by atoms with Crippen molar-refractivity contribution in [3.63, 3.8) is 0 Å². The van der Waals surface area contributed by atoms with Crippen molar-refractivity contribution in [3.8, 4) is 0 Å². The smallest absolute Gasteiger partial charge is 0.312 e. The van der Waals surface area contributed by atoms with E-state index in [0.717, 1.165) is 12.8 Å². The average Bonchev–Trinajstić information content (AvgIpc) is 3.61. The summed E-state index contributed by atoms with van der Waals surface area (Å²) in [7, 11) is 0. The Balaban J connectivity index is 1.94. The van der Waals surface area contributed by atoms with Crippen molar-refractivity contribution >= 4 is 23.7 Å². The first-order valence-electron chi connectivity index (χ1n) is 15.6. The molecule has 0 radical (unpaired) electrons. The third-order valence-corrected chi connectivity index (χ3v) is 9.42. The number of aliphatic hydroxyl groups excluding tert-OH is 1. The molecule has 0 aromatic rings. The lowest BCUT2D eigenvalue weighted by atomic mass is 9.70. The fourth-order valence-corrected chi connectivity index (χ4v) is 7.06. The van der Waals surface area contributed by atoms with Crippen molar-refractivity contribution < 1.29 is 33.8 Å². The zero-order chi connectivity index (χ0) is 31.2. The van der Waals surface area contributed by atoms with E-state index in [1.165, 1.54) is 0 Å². The van der Waals surface area contributed by atoms with Gasteiger partial charge >= 0.3 is 5.97 Å². The molecule has 2 N–H and O–H groups in total. The van der Waals surface area contributed by atoms with Crippen LogP contribution in [0.2, 0.25) is 0 Å². The van der Waals surface area contributed by atoms with Gasteiger partial charge < -0.3 is 29.7 Å². The summed E-state index contributed by atoms with van der Waals surface area (Å²) in [4.78, 5) is 57.8. The van der Waals surface area contributed by atoms with E-state index >= 15 is 0 Å². The molecule has 3 fully saturated rings. The normalized spacial score (nSPS) is 28.9. The lowest BCUT2D eigenvalue weighted by Crippen LogP contribution is -2.60. The zero-order valence-corrected chi connectivity index (χ0v) is 26.0. The van der Waals surface area contributed by atoms with E-state index in [0.29, 0.717) is 38.6 Å². The number of carbonyl (C=O) groups is 4. The molecule has 3 rings (SSSR count). The molecule has 0 aromatic heterocycles. The van der Waals surface area contributed by atoms with Gasteiger partial charge in [-0.2, -0.15) is 0 Å². The van der Waals surface area contributed by atoms with Gasteiger partial charge in [-0.25, -0.2) is 0 Å². The predicted molar refractivity (Wildman–Crippen MR) is 159 cm³/mol. The summed E-state index contributed by atoms with van der Waals surface area (Å²) in [6, 6.07) is -1.66. The topological polar surface area (TPSA) is 125 Å². The molecule has 3 heterocycles. The minimum absolute atomic E-state index is 0.0854. The summed E-state index contributed by atoms with van der Waals surface area (Å²) in [6.07, 6.45) is 6.38. The lowest BCUT2D eigenvalue weighted by molar-refractivity contribution is -0.160. The molecule has 42 heavy (non-hydrogen) atoms. The van der Waals surface area contributed by atoms with Crippen molar-refractivity contribution in [2.24, 2.45) is 17.8 Å². The number of aliphatic hydroxyl groups is 1. The molecule has 10 heteroatoms. The number of hydrogen-bond acceptors (Lipinski definition) is 7. The van der Waals surface area contributed by atoms with Crippen molar-refractivity contribution in [3.05, 3.63) is 25.3 Å². The second kappa shape index (κ2) is 14.6. The number of hydrogen-bond donors (Lipinski definition) is 2. The quantitative estimate of drug-likeness (QED) is 0.197. The molecule has 236 valence electrons. The Hall–Kier alpha value is -2.72. The highest BCUT2D eigenvalue weighted by atomic mass is 16.6. The van der Waals surface area contributed by atoms with Crippen LogP contribution in [0, 0.1) is 17.8 Å². The van der Waals surface area contributed by atoms with Crippen LogP contribution < -0.4 is 5.32 Å². The number of amides is 3. The van der Waals surface area contributed by atoms with Gasteiger partial charge in [-0.15, -0.1) is 13.2 Å². The van der Waals surface area contributed by atoms with Crippen LogP contribution in [0.25, 0.3) is 0 Å².